The number of hydrogen-bond donors (Lipinski definition) is 1. The molecule has 0 radical (unpaired) electrons. The zero-order valence-corrected chi connectivity index (χ0v) is 23.8. The Hall–Kier alpha value is -3.06. The summed E-state index contributed by atoms with van der Waals surface area (Å²) >= 11 is 5.76. The number of aryl methyl sites for hydroxylation is 1. The van der Waals surface area contributed by atoms with Crippen LogP contribution in [0.1, 0.15) is 41.3 Å². The molecule has 5 nitrogen and oxygen atoms in total. The van der Waals surface area contributed by atoms with Gasteiger partial charge in [0.15, 0.2) is 5.11 Å². The van der Waals surface area contributed by atoms with E-state index in [1.54, 1.807) is 12.1 Å². The lowest BCUT2D eigenvalue weighted by Gasteiger charge is -2.32. The van der Waals surface area contributed by atoms with Crippen molar-refractivity contribution in [2.24, 2.45) is 0 Å². The van der Waals surface area contributed by atoms with Crippen molar-refractivity contribution < 1.29 is 4.79 Å². The lowest BCUT2D eigenvalue weighted by molar-refractivity contribution is 0.0977. The molecule has 0 aromatic heterocycles. The van der Waals surface area contributed by atoms with E-state index in [4.69, 9.17) is 12.2 Å². The molecule has 4 rings (SSSR count). The maximum absolute atomic E-state index is 12.8. The summed E-state index contributed by atoms with van der Waals surface area (Å²) < 4.78 is 0. The van der Waals surface area contributed by atoms with Gasteiger partial charge in [0.2, 0.25) is 0 Å². The highest BCUT2D eigenvalue weighted by atomic mass is 32.1. The topological polar surface area (TPSA) is 38.8 Å². The Morgan fingerprint density at radius 1 is 0.947 bits per heavy atom. The summed E-state index contributed by atoms with van der Waals surface area (Å²) in [6.07, 6.45) is 3.09. The van der Waals surface area contributed by atoms with Gasteiger partial charge in [-0.3, -0.25) is 10.1 Å². The van der Waals surface area contributed by atoms with Gasteiger partial charge in [-0.25, -0.2) is 0 Å². The van der Waals surface area contributed by atoms with E-state index in [2.05, 4.69) is 83.4 Å². The van der Waals surface area contributed by atoms with Gasteiger partial charge < -0.3 is 14.7 Å². The number of benzene rings is 3. The van der Waals surface area contributed by atoms with Gasteiger partial charge >= 0.3 is 0 Å². The molecule has 6 heteroatoms. The molecule has 3 aromatic rings. The Morgan fingerprint density at radius 2 is 1.63 bits per heavy atom. The van der Waals surface area contributed by atoms with Crippen molar-refractivity contribution >= 4 is 28.9 Å². The van der Waals surface area contributed by atoms with Gasteiger partial charge in [0.1, 0.15) is 0 Å². The zero-order chi connectivity index (χ0) is 26.9. The SMILES string of the molecule is CCCCN(C(=S)NC(=O)c1ccccc1)c1cc(-c2ccc(CCN3CCN(C)CC3)cc2)ccc1C. The molecule has 1 aliphatic rings. The van der Waals surface area contributed by atoms with Crippen LogP contribution in [-0.4, -0.2) is 67.1 Å². The highest BCUT2D eigenvalue weighted by molar-refractivity contribution is 7.80. The molecule has 0 spiro atoms. The molecule has 1 aliphatic heterocycles. The minimum Gasteiger partial charge on any atom is -0.318 e. The third-order valence-corrected chi connectivity index (χ3v) is 7.66. The highest BCUT2D eigenvalue weighted by Crippen LogP contribution is 2.29. The first-order chi connectivity index (χ1) is 18.4. The van der Waals surface area contributed by atoms with Crippen LogP contribution in [0.5, 0.6) is 0 Å². The summed E-state index contributed by atoms with van der Waals surface area (Å²) in [4.78, 5) is 19.8. The summed E-state index contributed by atoms with van der Waals surface area (Å²) in [7, 11) is 2.20. The second-order valence-corrected chi connectivity index (χ2v) is 10.6. The molecule has 0 aliphatic carbocycles. The number of anilines is 1. The van der Waals surface area contributed by atoms with E-state index in [0.29, 0.717) is 10.7 Å². The number of rotatable bonds is 9. The van der Waals surface area contributed by atoms with Crippen molar-refractivity contribution in [3.8, 4) is 11.1 Å². The normalized spacial score (nSPS) is 14.3. The molecular weight excluding hydrogens is 488 g/mol. The second-order valence-electron chi connectivity index (χ2n) is 10.2. The first-order valence-corrected chi connectivity index (χ1v) is 14.1. The minimum atomic E-state index is -0.182. The molecule has 1 N–H and O–H groups in total. The van der Waals surface area contributed by atoms with Crippen LogP contribution in [0, 0.1) is 6.92 Å². The van der Waals surface area contributed by atoms with Gasteiger partial charge in [0.25, 0.3) is 5.91 Å². The Balaban J connectivity index is 1.47. The number of nitrogens with zero attached hydrogens (tertiary/aromatic N) is 3. The van der Waals surface area contributed by atoms with E-state index in [0.717, 1.165) is 75.3 Å². The summed E-state index contributed by atoms with van der Waals surface area (Å²) in [5.41, 5.74) is 6.47. The van der Waals surface area contributed by atoms with Crippen LogP contribution in [0.2, 0.25) is 0 Å². The molecule has 1 saturated heterocycles. The smallest absolute Gasteiger partial charge is 0.257 e. The zero-order valence-electron chi connectivity index (χ0n) is 23.0. The first-order valence-electron chi connectivity index (χ1n) is 13.7. The van der Waals surface area contributed by atoms with Gasteiger partial charge in [0.05, 0.1) is 0 Å². The number of nitrogens with one attached hydrogen (secondary N) is 1. The third-order valence-electron chi connectivity index (χ3n) is 7.34. The number of likely N-dealkylation sites (N-methyl/N-ethyl adjacent to an activating group) is 1. The number of piperazine rings is 1. The molecule has 0 saturated carbocycles. The molecule has 1 heterocycles. The van der Waals surface area contributed by atoms with Crippen molar-refractivity contribution in [2.45, 2.75) is 33.1 Å². The van der Waals surface area contributed by atoms with Gasteiger partial charge in [-0.2, -0.15) is 0 Å². The van der Waals surface area contributed by atoms with E-state index in [-0.39, 0.29) is 5.91 Å². The molecule has 0 atom stereocenters. The maximum Gasteiger partial charge on any atom is 0.257 e. The van der Waals surface area contributed by atoms with Crippen LogP contribution >= 0.6 is 12.2 Å². The van der Waals surface area contributed by atoms with Crippen LogP contribution in [0.15, 0.2) is 72.8 Å². The van der Waals surface area contributed by atoms with Crippen molar-refractivity contribution in [3.63, 3.8) is 0 Å². The molecule has 1 amide bonds. The van der Waals surface area contributed by atoms with Gasteiger partial charge in [0, 0.05) is 50.5 Å². The van der Waals surface area contributed by atoms with Crippen LogP contribution in [0.25, 0.3) is 11.1 Å². The molecule has 38 heavy (non-hydrogen) atoms. The molecule has 200 valence electrons. The van der Waals surface area contributed by atoms with E-state index in [1.807, 2.05) is 18.2 Å². The Morgan fingerprint density at radius 3 is 2.32 bits per heavy atom. The number of carbonyl (C=O) groups excluding carboxylic acids is 1. The summed E-state index contributed by atoms with van der Waals surface area (Å²) in [6, 6.07) is 24.7. The Bertz CT molecular complexity index is 1200. The quantitative estimate of drug-likeness (QED) is 0.357. The first kappa shape index (κ1) is 28.0. The minimum absolute atomic E-state index is 0.182. The van der Waals surface area contributed by atoms with Crippen molar-refractivity contribution in [1.29, 1.82) is 0 Å². The van der Waals surface area contributed by atoms with Gasteiger partial charge in [-0.05, 0) is 79.5 Å². The number of hydrogen-bond acceptors (Lipinski definition) is 4. The number of thiocarbonyl (C=S) groups is 1. The molecule has 0 bridgehead atoms. The van der Waals surface area contributed by atoms with Crippen LogP contribution < -0.4 is 10.2 Å². The Labute approximate surface area is 233 Å². The fourth-order valence-electron chi connectivity index (χ4n) is 4.78. The van der Waals surface area contributed by atoms with E-state index >= 15 is 0 Å². The van der Waals surface area contributed by atoms with Crippen molar-refractivity contribution in [1.82, 2.24) is 15.1 Å². The lowest BCUT2D eigenvalue weighted by atomic mass is 10.00. The second kappa shape index (κ2) is 13.7. The van der Waals surface area contributed by atoms with Crippen LogP contribution in [0.3, 0.4) is 0 Å². The third kappa shape index (κ3) is 7.50. The van der Waals surface area contributed by atoms with E-state index in [9.17, 15) is 4.79 Å². The average molecular weight is 529 g/mol. The van der Waals surface area contributed by atoms with Gasteiger partial charge in [-0.15, -0.1) is 0 Å². The monoisotopic (exact) mass is 528 g/mol. The number of amides is 1. The fourth-order valence-corrected chi connectivity index (χ4v) is 5.06. The fraction of sp³-hybridized carbons (Fsp3) is 0.375. The largest absolute Gasteiger partial charge is 0.318 e. The summed E-state index contributed by atoms with van der Waals surface area (Å²) in [5, 5.41) is 3.39. The van der Waals surface area contributed by atoms with E-state index < -0.39 is 0 Å². The predicted octanol–water partition coefficient (Wildman–Crippen LogP) is 5.77. The molecule has 3 aromatic carbocycles. The summed E-state index contributed by atoms with van der Waals surface area (Å²) in [5.74, 6) is -0.182. The number of carbonyl (C=O) groups is 1. The van der Waals surface area contributed by atoms with Gasteiger partial charge in [-0.1, -0.05) is 67.9 Å². The summed E-state index contributed by atoms with van der Waals surface area (Å²) in [6.45, 7) is 10.7. The maximum atomic E-state index is 12.8. The Kier molecular flexibility index (Phi) is 10.0. The van der Waals surface area contributed by atoms with Crippen LogP contribution in [-0.2, 0) is 6.42 Å². The average Bonchev–Trinajstić information content (AvgIpc) is 2.94. The molecule has 1 fully saturated rings. The van der Waals surface area contributed by atoms with Crippen molar-refractivity contribution in [3.05, 3.63) is 89.5 Å². The number of unbranched alkanes of at least 4 members (excludes halogenated alkanes) is 1. The van der Waals surface area contributed by atoms with Crippen molar-refractivity contribution in [2.75, 3.05) is 51.2 Å². The molecular formula is C32H40N4OS. The standard InChI is InChI=1S/C32H40N4OS/c1-4-5-18-36(32(38)33-31(37)28-9-7-6-8-10-28)30-24-29(14-11-25(30)2)27-15-12-26(13-16-27)17-19-35-22-20-34(3)21-23-35/h6-16,24H,4-5,17-23H2,1-3H3,(H,33,37,38). The van der Waals surface area contributed by atoms with E-state index in [1.165, 1.54) is 11.1 Å². The lowest BCUT2D eigenvalue weighted by Crippen LogP contribution is -2.45. The predicted molar refractivity (Wildman–Crippen MR) is 163 cm³/mol. The van der Waals surface area contributed by atoms with Crippen LogP contribution in [0.4, 0.5) is 5.69 Å². The highest BCUT2D eigenvalue weighted by Gasteiger charge is 2.18. The molecule has 0 unspecified atom stereocenters.